The zero-order chi connectivity index (χ0) is 14.2. The van der Waals surface area contributed by atoms with Gasteiger partial charge < -0.3 is 15.4 Å². The highest BCUT2D eigenvalue weighted by atomic mass is 16.5. The van der Waals surface area contributed by atoms with E-state index in [2.05, 4.69) is 29.7 Å². The summed E-state index contributed by atoms with van der Waals surface area (Å²) < 4.78 is 5.43. The van der Waals surface area contributed by atoms with Crippen molar-refractivity contribution in [3.05, 3.63) is 35.4 Å². The first-order valence-corrected chi connectivity index (χ1v) is 7.47. The molecular formula is C16H24N2O2. The summed E-state index contributed by atoms with van der Waals surface area (Å²) in [5.74, 6) is 0.0681. The highest BCUT2D eigenvalue weighted by molar-refractivity contribution is 5.82. The zero-order valence-corrected chi connectivity index (χ0v) is 12.2. The van der Waals surface area contributed by atoms with E-state index in [-0.39, 0.29) is 11.9 Å². The van der Waals surface area contributed by atoms with E-state index in [4.69, 9.17) is 4.74 Å². The third-order valence-corrected chi connectivity index (χ3v) is 3.59. The van der Waals surface area contributed by atoms with Crippen LogP contribution < -0.4 is 10.6 Å². The molecule has 1 amide bonds. The van der Waals surface area contributed by atoms with Gasteiger partial charge >= 0.3 is 0 Å². The van der Waals surface area contributed by atoms with Crippen molar-refractivity contribution in [3.63, 3.8) is 0 Å². The summed E-state index contributed by atoms with van der Waals surface area (Å²) in [5, 5.41) is 6.22. The summed E-state index contributed by atoms with van der Waals surface area (Å²) in [5.41, 5.74) is 2.56. The molecule has 0 aliphatic carbocycles. The van der Waals surface area contributed by atoms with E-state index in [1.54, 1.807) is 0 Å². The van der Waals surface area contributed by atoms with Crippen molar-refractivity contribution in [1.82, 2.24) is 10.6 Å². The van der Waals surface area contributed by atoms with Gasteiger partial charge in [-0.1, -0.05) is 37.6 Å². The second-order valence-electron chi connectivity index (χ2n) is 5.16. The van der Waals surface area contributed by atoms with Crippen LogP contribution in [0, 0.1) is 0 Å². The predicted octanol–water partition coefficient (Wildman–Crippen LogP) is 1.63. The van der Waals surface area contributed by atoms with Gasteiger partial charge in [0, 0.05) is 19.7 Å². The van der Waals surface area contributed by atoms with Crippen molar-refractivity contribution >= 4 is 5.91 Å². The van der Waals surface area contributed by atoms with Crippen molar-refractivity contribution in [3.8, 4) is 0 Å². The first-order chi connectivity index (χ1) is 9.81. The van der Waals surface area contributed by atoms with Gasteiger partial charge in [-0.2, -0.15) is 0 Å². The van der Waals surface area contributed by atoms with E-state index in [0.29, 0.717) is 13.2 Å². The molecule has 2 rings (SSSR count). The van der Waals surface area contributed by atoms with Crippen LogP contribution >= 0.6 is 0 Å². The Kier molecular flexibility index (Phi) is 6.02. The number of hydrogen-bond donors (Lipinski definition) is 2. The minimum atomic E-state index is -0.124. The van der Waals surface area contributed by atoms with Gasteiger partial charge in [0.1, 0.15) is 0 Å². The largest absolute Gasteiger partial charge is 0.380 e. The zero-order valence-electron chi connectivity index (χ0n) is 12.2. The molecule has 0 saturated heterocycles. The third kappa shape index (κ3) is 4.32. The van der Waals surface area contributed by atoms with Crippen molar-refractivity contribution in [2.75, 3.05) is 19.8 Å². The van der Waals surface area contributed by atoms with E-state index >= 15 is 0 Å². The molecule has 1 atom stereocenters. The summed E-state index contributed by atoms with van der Waals surface area (Å²) in [7, 11) is 0. The molecule has 0 bridgehead atoms. The molecule has 2 N–H and O–H groups in total. The van der Waals surface area contributed by atoms with E-state index in [9.17, 15) is 4.79 Å². The van der Waals surface area contributed by atoms with E-state index < -0.39 is 0 Å². The fraction of sp³-hybridized carbons (Fsp3) is 0.562. The molecule has 0 saturated carbocycles. The lowest BCUT2D eigenvalue weighted by Crippen LogP contribution is -2.48. The Labute approximate surface area is 120 Å². The normalized spacial score (nSPS) is 17.6. The topological polar surface area (TPSA) is 50.4 Å². The lowest BCUT2D eigenvalue weighted by molar-refractivity contribution is -0.123. The molecule has 1 aromatic rings. The fourth-order valence-electron chi connectivity index (χ4n) is 2.36. The van der Waals surface area contributed by atoms with E-state index in [1.165, 1.54) is 11.1 Å². The van der Waals surface area contributed by atoms with Crippen LogP contribution in [-0.2, 0) is 22.5 Å². The second kappa shape index (κ2) is 8.02. The van der Waals surface area contributed by atoms with Gasteiger partial charge in [-0.05, 0) is 24.0 Å². The van der Waals surface area contributed by atoms with Gasteiger partial charge in [-0.25, -0.2) is 0 Å². The van der Waals surface area contributed by atoms with E-state index in [0.717, 1.165) is 32.4 Å². The quantitative estimate of drug-likeness (QED) is 0.744. The summed E-state index contributed by atoms with van der Waals surface area (Å²) in [4.78, 5) is 12.1. The standard InChI is InChI=1S/C16H24N2O2/c1-2-3-9-20-10-8-17-16(19)15-11-13-6-4-5-7-14(13)12-18-15/h4-7,15,18H,2-3,8-12H2,1H3,(H,17,19)/t15-/m1/s1. The van der Waals surface area contributed by atoms with Gasteiger partial charge in [-0.3, -0.25) is 4.79 Å². The van der Waals surface area contributed by atoms with Crippen LogP contribution in [0.1, 0.15) is 30.9 Å². The maximum Gasteiger partial charge on any atom is 0.237 e. The molecule has 1 aromatic carbocycles. The third-order valence-electron chi connectivity index (χ3n) is 3.59. The number of fused-ring (bicyclic) bond motifs is 1. The highest BCUT2D eigenvalue weighted by Crippen LogP contribution is 2.16. The van der Waals surface area contributed by atoms with Crippen LogP contribution in [0.25, 0.3) is 0 Å². The molecule has 0 spiro atoms. The highest BCUT2D eigenvalue weighted by Gasteiger charge is 2.23. The van der Waals surface area contributed by atoms with Crippen LogP contribution in [0.15, 0.2) is 24.3 Å². The Morgan fingerprint density at radius 3 is 2.95 bits per heavy atom. The molecule has 0 radical (unpaired) electrons. The van der Waals surface area contributed by atoms with E-state index in [1.807, 2.05) is 12.1 Å². The van der Waals surface area contributed by atoms with Gasteiger partial charge in [0.25, 0.3) is 0 Å². The lowest BCUT2D eigenvalue weighted by Gasteiger charge is -2.25. The van der Waals surface area contributed by atoms with Gasteiger partial charge in [0.05, 0.1) is 12.6 Å². The minimum absolute atomic E-state index is 0.0681. The monoisotopic (exact) mass is 276 g/mol. The van der Waals surface area contributed by atoms with Gasteiger partial charge in [-0.15, -0.1) is 0 Å². The fourth-order valence-corrected chi connectivity index (χ4v) is 2.36. The van der Waals surface area contributed by atoms with Crippen molar-refractivity contribution in [1.29, 1.82) is 0 Å². The van der Waals surface area contributed by atoms with Crippen molar-refractivity contribution in [2.24, 2.45) is 0 Å². The molecule has 1 heterocycles. The maximum absolute atomic E-state index is 12.1. The number of rotatable bonds is 7. The second-order valence-corrected chi connectivity index (χ2v) is 5.16. The van der Waals surface area contributed by atoms with Crippen molar-refractivity contribution < 1.29 is 9.53 Å². The number of ether oxygens (including phenoxy) is 1. The molecule has 1 aliphatic heterocycles. The molecule has 1 aliphatic rings. The molecule has 4 heteroatoms. The van der Waals surface area contributed by atoms with Crippen LogP contribution in [0.2, 0.25) is 0 Å². The first-order valence-electron chi connectivity index (χ1n) is 7.47. The van der Waals surface area contributed by atoms with Crippen LogP contribution in [-0.4, -0.2) is 31.7 Å². The average Bonchev–Trinajstić information content (AvgIpc) is 2.50. The smallest absolute Gasteiger partial charge is 0.237 e. The first kappa shape index (κ1) is 15.0. The molecule has 110 valence electrons. The summed E-state index contributed by atoms with van der Waals surface area (Å²) >= 11 is 0. The van der Waals surface area contributed by atoms with Gasteiger partial charge in [0.2, 0.25) is 5.91 Å². The lowest BCUT2D eigenvalue weighted by atomic mass is 9.95. The SMILES string of the molecule is CCCCOCCNC(=O)[C@H]1Cc2ccccc2CN1. The number of carbonyl (C=O) groups is 1. The number of hydrogen-bond acceptors (Lipinski definition) is 3. The maximum atomic E-state index is 12.1. The Morgan fingerprint density at radius 2 is 2.15 bits per heavy atom. The van der Waals surface area contributed by atoms with Crippen LogP contribution in [0.3, 0.4) is 0 Å². The Morgan fingerprint density at radius 1 is 1.35 bits per heavy atom. The average molecular weight is 276 g/mol. The number of carbonyl (C=O) groups excluding carboxylic acids is 1. The number of benzene rings is 1. The molecule has 0 unspecified atom stereocenters. The van der Waals surface area contributed by atoms with Crippen LogP contribution in [0.5, 0.6) is 0 Å². The molecule has 4 nitrogen and oxygen atoms in total. The Hall–Kier alpha value is -1.39. The Bertz CT molecular complexity index is 434. The molecular weight excluding hydrogens is 252 g/mol. The summed E-state index contributed by atoms with van der Waals surface area (Å²) in [6.07, 6.45) is 2.98. The summed E-state index contributed by atoms with van der Waals surface area (Å²) in [6, 6.07) is 8.15. The minimum Gasteiger partial charge on any atom is -0.380 e. The van der Waals surface area contributed by atoms with Crippen LogP contribution in [0.4, 0.5) is 0 Å². The molecule has 0 fully saturated rings. The number of nitrogens with one attached hydrogen (secondary N) is 2. The number of unbranched alkanes of at least 4 members (excludes halogenated alkanes) is 1. The molecule has 0 aromatic heterocycles. The van der Waals surface area contributed by atoms with Gasteiger partial charge in [0.15, 0.2) is 0 Å². The Balaban J connectivity index is 1.69. The predicted molar refractivity (Wildman–Crippen MR) is 79.5 cm³/mol. The molecule has 20 heavy (non-hydrogen) atoms. The van der Waals surface area contributed by atoms with Crippen molar-refractivity contribution in [2.45, 2.75) is 38.8 Å². The number of amides is 1. The summed E-state index contributed by atoms with van der Waals surface area (Å²) in [6.45, 7) is 4.86.